The van der Waals surface area contributed by atoms with Crippen LogP contribution in [0.2, 0.25) is 0 Å². The summed E-state index contributed by atoms with van der Waals surface area (Å²) in [4.78, 5) is 45.3. The molecule has 9 heteroatoms. The highest BCUT2D eigenvalue weighted by Gasteiger charge is 2.18. The van der Waals surface area contributed by atoms with Crippen LogP contribution in [-0.4, -0.2) is 32.5 Å². The molecule has 2 aromatic carbocycles. The number of methoxy groups -OCH3 is 1. The van der Waals surface area contributed by atoms with E-state index in [1.54, 1.807) is 18.6 Å². The molecule has 0 aliphatic heterocycles. The third-order valence-electron chi connectivity index (χ3n) is 4.73. The fourth-order valence-corrected chi connectivity index (χ4v) is 3.34. The molecule has 2 aromatic heterocycles. The molecule has 0 aliphatic rings. The first-order valence-corrected chi connectivity index (χ1v) is 9.20. The minimum atomic E-state index is -0.611. The van der Waals surface area contributed by atoms with Crippen LogP contribution in [0.5, 0.6) is 5.75 Å². The zero-order valence-corrected chi connectivity index (χ0v) is 16.4. The fourth-order valence-electron chi connectivity index (χ4n) is 3.34. The lowest BCUT2D eigenvalue weighted by atomic mass is 10.1. The second-order valence-corrected chi connectivity index (χ2v) is 6.67. The SMILES string of the molecule is COc1ccccc1-n1c(NC(=O)Cc2c(C)[nH]c(=O)[nH]c2=O)nc2ccccc21. The highest BCUT2D eigenvalue weighted by atomic mass is 16.5. The van der Waals surface area contributed by atoms with E-state index in [4.69, 9.17) is 4.74 Å². The summed E-state index contributed by atoms with van der Waals surface area (Å²) >= 11 is 0. The summed E-state index contributed by atoms with van der Waals surface area (Å²) in [7, 11) is 1.57. The van der Waals surface area contributed by atoms with Gasteiger partial charge < -0.3 is 9.72 Å². The Labute approximate surface area is 170 Å². The Balaban J connectivity index is 1.76. The van der Waals surface area contributed by atoms with Crippen molar-refractivity contribution in [3.8, 4) is 11.4 Å². The molecular formula is C21H19N5O4. The first-order chi connectivity index (χ1) is 14.5. The number of H-pyrrole nitrogens is 2. The van der Waals surface area contributed by atoms with Gasteiger partial charge in [-0.2, -0.15) is 0 Å². The van der Waals surface area contributed by atoms with Crippen LogP contribution in [0.4, 0.5) is 5.95 Å². The number of carbonyl (C=O) groups excluding carboxylic acids is 1. The summed E-state index contributed by atoms with van der Waals surface area (Å²) in [5.41, 5.74) is 1.52. The van der Waals surface area contributed by atoms with Crippen molar-refractivity contribution >= 4 is 22.9 Å². The molecule has 0 radical (unpaired) electrons. The van der Waals surface area contributed by atoms with Crippen LogP contribution in [0.15, 0.2) is 58.1 Å². The topological polar surface area (TPSA) is 122 Å². The maximum Gasteiger partial charge on any atom is 0.325 e. The van der Waals surface area contributed by atoms with Crippen molar-refractivity contribution < 1.29 is 9.53 Å². The van der Waals surface area contributed by atoms with Gasteiger partial charge in [-0.15, -0.1) is 0 Å². The summed E-state index contributed by atoms with van der Waals surface area (Å²) < 4.78 is 7.26. The number of nitrogens with one attached hydrogen (secondary N) is 3. The number of aryl methyl sites for hydroxylation is 1. The standard InChI is InChI=1S/C21H19N5O4/c1-12-13(19(28)25-21(29)22-12)11-18(27)24-20-23-14-7-3-4-8-15(14)26(20)16-9-5-6-10-17(16)30-2/h3-10H,11H2,1-2H3,(H,23,24,27)(H2,22,25,28,29). The van der Waals surface area contributed by atoms with E-state index in [2.05, 4.69) is 20.3 Å². The molecule has 2 heterocycles. The van der Waals surface area contributed by atoms with Crippen LogP contribution in [0.3, 0.4) is 0 Å². The molecule has 0 saturated heterocycles. The number of anilines is 1. The average molecular weight is 405 g/mol. The summed E-state index contributed by atoms with van der Waals surface area (Å²) in [5, 5.41) is 2.78. The van der Waals surface area contributed by atoms with Gasteiger partial charge in [0.2, 0.25) is 11.9 Å². The van der Waals surface area contributed by atoms with Gasteiger partial charge in [-0.1, -0.05) is 24.3 Å². The Morgan fingerprint density at radius 2 is 1.83 bits per heavy atom. The molecule has 30 heavy (non-hydrogen) atoms. The van der Waals surface area contributed by atoms with E-state index in [0.29, 0.717) is 28.6 Å². The van der Waals surface area contributed by atoms with Gasteiger partial charge in [-0.05, 0) is 31.2 Å². The number of hydrogen-bond acceptors (Lipinski definition) is 5. The predicted octanol–water partition coefficient (Wildman–Crippen LogP) is 1.90. The van der Waals surface area contributed by atoms with E-state index in [9.17, 15) is 14.4 Å². The second kappa shape index (κ2) is 7.70. The lowest BCUT2D eigenvalue weighted by Gasteiger charge is -2.13. The molecule has 0 bridgehead atoms. The first-order valence-electron chi connectivity index (χ1n) is 9.20. The van der Waals surface area contributed by atoms with Crippen molar-refractivity contribution in [2.75, 3.05) is 12.4 Å². The number of aromatic amines is 2. The van der Waals surface area contributed by atoms with Crippen LogP contribution in [0, 0.1) is 6.92 Å². The number of carbonyl (C=O) groups is 1. The molecule has 9 nitrogen and oxygen atoms in total. The molecule has 4 rings (SSSR count). The van der Waals surface area contributed by atoms with Gasteiger partial charge in [0.1, 0.15) is 5.75 Å². The van der Waals surface area contributed by atoms with E-state index in [0.717, 1.165) is 5.52 Å². The van der Waals surface area contributed by atoms with Crippen LogP contribution in [0.1, 0.15) is 11.3 Å². The molecule has 3 N–H and O–H groups in total. The number of ether oxygens (including phenoxy) is 1. The summed E-state index contributed by atoms with van der Waals surface area (Å²) in [6.07, 6.45) is -0.215. The molecule has 0 unspecified atom stereocenters. The van der Waals surface area contributed by atoms with Crippen molar-refractivity contribution in [2.45, 2.75) is 13.3 Å². The van der Waals surface area contributed by atoms with E-state index in [1.807, 2.05) is 48.5 Å². The zero-order chi connectivity index (χ0) is 21.3. The van der Waals surface area contributed by atoms with E-state index in [1.165, 1.54) is 0 Å². The van der Waals surface area contributed by atoms with Crippen molar-refractivity contribution in [1.29, 1.82) is 0 Å². The number of imidazole rings is 1. The number of para-hydroxylation sites is 4. The van der Waals surface area contributed by atoms with Crippen molar-refractivity contribution in [2.24, 2.45) is 0 Å². The second-order valence-electron chi connectivity index (χ2n) is 6.67. The van der Waals surface area contributed by atoms with Crippen molar-refractivity contribution in [3.05, 3.63) is 80.6 Å². The number of benzene rings is 2. The Morgan fingerprint density at radius 3 is 2.60 bits per heavy atom. The summed E-state index contributed by atoms with van der Waals surface area (Å²) in [6.45, 7) is 1.57. The minimum absolute atomic E-state index is 0.187. The number of amides is 1. The van der Waals surface area contributed by atoms with Gasteiger partial charge in [0.15, 0.2) is 0 Å². The fraction of sp³-hybridized carbons (Fsp3) is 0.143. The Kier molecular flexibility index (Phi) is 4.93. The Bertz CT molecular complexity index is 1370. The van der Waals surface area contributed by atoms with Crippen LogP contribution < -0.4 is 21.3 Å². The van der Waals surface area contributed by atoms with Crippen LogP contribution in [-0.2, 0) is 11.2 Å². The van der Waals surface area contributed by atoms with Crippen molar-refractivity contribution in [1.82, 2.24) is 19.5 Å². The number of nitrogens with zero attached hydrogens (tertiary/aromatic N) is 2. The van der Waals surface area contributed by atoms with Crippen LogP contribution >= 0.6 is 0 Å². The van der Waals surface area contributed by atoms with Gasteiger partial charge in [0.25, 0.3) is 5.56 Å². The number of fused-ring (bicyclic) bond motifs is 1. The molecule has 152 valence electrons. The molecule has 0 spiro atoms. The third-order valence-corrected chi connectivity index (χ3v) is 4.73. The van der Waals surface area contributed by atoms with Crippen LogP contribution in [0.25, 0.3) is 16.7 Å². The molecule has 0 saturated carbocycles. The molecule has 1 amide bonds. The maximum absolute atomic E-state index is 12.7. The monoisotopic (exact) mass is 405 g/mol. The Morgan fingerprint density at radius 1 is 1.10 bits per heavy atom. The van der Waals surface area contributed by atoms with Gasteiger partial charge >= 0.3 is 5.69 Å². The zero-order valence-electron chi connectivity index (χ0n) is 16.4. The minimum Gasteiger partial charge on any atom is -0.495 e. The van der Waals surface area contributed by atoms with Gasteiger partial charge in [-0.3, -0.25) is 24.5 Å². The predicted molar refractivity (Wildman–Crippen MR) is 112 cm³/mol. The molecular weight excluding hydrogens is 386 g/mol. The van der Waals surface area contributed by atoms with E-state index in [-0.39, 0.29) is 12.0 Å². The molecule has 4 aromatic rings. The lowest BCUT2D eigenvalue weighted by molar-refractivity contribution is -0.115. The van der Waals surface area contributed by atoms with Gasteiger partial charge in [0, 0.05) is 11.3 Å². The third kappa shape index (κ3) is 3.48. The molecule has 0 atom stereocenters. The number of aromatic nitrogens is 4. The lowest BCUT2D eigenvalue weighted by Crippen LogP contribution is -2.30. The van der Waals surface area contributed by atoms with Crippen molar-refractivity contribution in [3.63, 3.8) is 0 Å². The van der Waals surface area contributed by atoms with E-state index >= 15 is 0 Å². The van der Waals surface area contributed by atoms with Gasteiger partial charge in [-0.25, -0.2) is 9.78 Å². The largest absolute Gasteiger partial charge is 0.495 e. The quantitative estimate of drug-likeness (QED) is 0.468. The summed E-state index contributed by atoms with van der Waals surface area (Å²) in [5.74, 6) is 0.468. The number of rotatable bonds is 5. The highest BCUT2D eigenvalue weighted by Crippen LogP contribution is 2.30. The summed E-state index contributed by atoms with van der Waals surface area (Å²) in [6, 6.07) is 14.9. The van der Waals surface area contributed by atoms with Gasteiger partial charge in [0.05, 0.1) is 30.3 Å². The van der Waals surface area contributed by atoms with E-state index < -0.39 is 17.2 Å². The Hall–Kier alpha value is -4.14. The molecule has 0 fully saturated rings. The molecule has 0 aliphatic carbocycles. The average Bonchev–Trinajstić information content (AvgIpc) is 3.08. The number of hydrogen-bond donors (Lipinski definition) is 3. The first kappa shape index (κ1) is 19.2. The normalized spacial score (nSPS) is 10.9. The highest BCUT2D eigenvalue weighted by molar-refractivity contribution is 5.94. The maximum atomic E-state index is 12.7. The smallest absolute Gasteiger partial charge is 0.325 e.